The first-order chi connectivity index (χ1) is 14.5. The van der Waals surface area contributed by atoms with Gasteiger partial charge in [0.15, 0.2) is 5.96 Å². The van der Waals surface area contributed by atoms with Gasteiger partial charge in [-0.3, -0.25) is 19.5 Å². The van der Waals surface area contributed by atoms with Crippen molar-refractivity contribution < 1.29 is 14.3 Å². The first-order valence-electron chi connectivity index (χ1n) is 10.7. The summed E-state index contributed by atoms with van der Waals surface area (Å²) < 4.78 is 5.97. The number of rotatable bonds is 7. The standard InChI is InChI=1S/C23H30N4O3.HI/c1-14-6-4-5-7-18(14)30-15(2)13-26-23(24-3)25-10-11-27-21(28)19-16-8-9-17(12-16)20(19)22(27)29;/h4-9,15-17,19-20H,10-13H2,1-3H3,(H2,24,25,26);1H. The second kappa shape index (κ2) is 10.0. The molecule has 4 rings (SSSR count). The number of hydrogen-bond acceptors (Lipinski definition) is 4. The molecule has 1 aliphatic heterocycles. The van der Waals surface area contributed by atoms with E-state index in [4.69, 9.17) is 4.74 Å². The van der Waals surface area contributed by atoms with Gasteiger partial charge in [-0.25, -0.2) is 0 Å². The van der Waals surface area contributed by atoms with Crippen molar-refractivity contribution >= 4 is 41.8 Å². The van der Waals surface area contributed by atoms with Gasteiger partial charge in [-0.1, -0.05) is 30.4 Å². The Bertz CT molecular complexity index is 857. The molecule has 0 aromatic heterocycles. The van der Waals surface area contributed by atoms with E-state index in [1.165, 1.54) is 4.90 Å². The van der Waals surface area contributed by atoms with Crippen molar-refractivity contribution in [2.24, 2.45) is 28.7 Å². The predicted octanol–water partition coefficient (Wildman–Crippen LogP) is 2.35. The molecule has 2 amide bonds. The van der Waals surface area contributed by atoms with Crippen LogP contribution in [0.1, 0.15) is 18.9 Å². The zero-order valence-electron chi connectivity index (χ0n) is 18.2. The summed E-state index contributed by atoms with van der Waals surface area (Å²) in [5, 5.41) is 6.43. The monoisotopic (exact) mass is 538 g/mol. The summed E-state index contributed by atoms with van der Waals surface area (Å²) in [6, 6.07) is 7.92. The summed E-state index contributed by atoms with van der Waals surface area (Å²) in [7, 11) is 1.70. The molecule has 1 aromatic rings. The van der Waals surface area contributed by atoms with Crippen molar-refractivity contribution in [3.63, 3.8) is 0 Å². The highest BCUT2D eigenvalue weighted by Gasteiger charge is 2.58. The minimum atomic E-state index is -0.135. The SMILES string of the molecule is CN=C(NCCN1C(=O)C2C3C=CC(C3)C2C1=O)NCC(C)Oc1ccccc1C.I. The Kier molecular flexibility index (Phi) is 7.61. The second-order valence-corrected chi connectivity index (χ2v) is 8.40. The van der Waals surface area contributed by atoms with Gasteiger partial charge in [0.05, 0.1) is 18.4 Å². The van der Waals surface area contributed by atoms with Crippen LogP contribution in [0.2, 0.25) is 0 Å². The predicted molar refractivity (Wildman–Crippen MR) is 130 cm³/mol. The van der Waals surface area contributed by atoms with E-state index in [9.17, 15) is 9.59 Å². The van der Waals surface area contributed by atoms with Gasteiger partial charge in [0, 0.05) is 20.1 Å². The van der Waals surface area contributed by atoms with Gasteiger partial charge in [-0.2, -0.15) is 0 Å². The van der Waals surface area contributed by atoms with Crippen LogP contribution in [0.25, 0.3) is 0 Å². The van der Waals surface area contributed by atoms with E-state index in [0.29, 0.717) is 25.6 Å². The quantitative estimate of drug-likeness (QED) is 0.183. The van der Waals surface area contributed by atoms with Gasteiger partial charge in [-0.05, 0) is 43.7 Å². The number of aliphatic imine (C=N–C) groups is 1. The summed E-state index contributed by atoms with van der Waals surface area (Å²) in [5.41, 5.74) is 1.10. The highest BCUT2D eigenvalue weighted by molar-refractivity contribution is 14.0. The van der Waals surface area contributed by atoms with E-state index >= 15 is 0 Å². The van der Waals surface area contributed by atoms with Crippen LogP contribution in [0.5, 0.6) is 5.75 Å². The minimum absolute atomic E-state index is 0. The lowest BCUT2D eigenvalue weighted by Crippen LogP contribution is -2.45. The van der Waals surface area contributed by atoms with E-state index < -0.39 is 0 Å². The zero-order chi connectivity index (χ0) is 21.3. The number of nitrogens with one attached hydrogen (secondary N) is 2. The zero-order valence-corrected chi connectivity index (χ0v) is 20.5. The van der Waals surface area contributed by atoms with Crippen LogP contribution in [0.15, 0.2) is 41.4 Å². The number of amides is 2. The number of para-hydroxylation sites is 1. The smallest absolute Gasteiger partial charge is 0.233 e. The van der Waals surface area contributed by atoms with Crippen molar-refractivity contribution in [1.82, 2.24) is 15.5 Å². The van der Waals surface area contributed by atoms with E-state index in [0.717, 1.165) is 17.7 Å². The summed E-state index contributed by atoms with van der Waals surface area (Å²) in [6.07, 6.45) is 5.14. The first-order valence-corrected chi connectivity index (χ1v) is 10.7. The lowest BCUT2D eigenvalue weighted by molar-refractivity contribution is -0.140. The largest absolute Gasteiger partial charge is 0.489 e. The minimum Gasteiger partial charge on any atom is -0.489 e. The van der Waals surface area contributed by atoms with Crippen LogP contribution >= 0.6 is 24.0 Å². The molecule has 0 spiro atoms. The maximum Gasteiger partial charge on any atom is 0.233 e. The molecule has 7 nitrogen and oxygen atoms in total. The summed E-state index contributed by atoms with van der Waals surface area (Å²) in [4.78, 5) is 31.1. The molecule has 5 atom stereocenters. The number of halogens is 1. The average Bonchev–Trinajstić information content (AvgIpc) is 3.41. The number of benzene rings is 1. The summed E-state index contributed by atoms with van der Waals surface area (Å²) >= 11 is 0. The number of allylic oxidation sites excluding steroid dienone is 2. The Hall–Kier alpha value is -2.10. The Morgan fingerprint density at radius 1 is 1.16 bits per heavy atom. The molecule has 3 aliphatic rings. The lowest BCUT2D eigenvalue weighted by Gasteiger charge is -2.20. The van der Waals surface area contributed by atoms with Crippen molar-refractivity contribution in [3.8, 4) is 5.75 Å². The van der Waals surface area contributed by atoms with Crippen LogP contribution in [0, 0.1) is 30.6 Å². The fourth-order valence-corrected chi connectivity index (χ4v) is 4.88. The van der Waals surface area contributed by atoms with Gasteiger partial charge in [0.25, 0.3) is 0 Å². The Balaban J connectivity index is 0.00000272. The van der Waals surface area contributed by atoms with Crippen molar-refractivity contribution in [2.45, 2.75) is 26.4 Å². The van der Waals surface area contributed by atoms with Crippen molar-refractivity contribution in [1.29, 1.82) is 0 Å². The van der Waals surface area contributed by atoms with Gasteiger partial charge in [-0.15, -0.1) is 24.0 Å². The second-order valence-electron chi connectivity index (χ2n) is 8.40. The number of imide groups is 1. The van der Waals surface area contributed by atoms with Crippen molar-refractivity contribution in [3.05, 3.63) is 42.0 Å². The van der Waals surface area contributed by atoms with Crippen LogP contribution < -0.4 is 15.4 Å². The number of fused-ring (bicyclic) bond motifs is 5. The molecule has 2 aliphatic carbocycles. The maximum absolute atomic E-state index is 12.7. The molecule has 1 saturated carbocycles. The topological polar surface area (TPSA) is 83.0 Å². The number of guanidine groups is 1. The fourth-order valence-electron chi connectivity index (χ4n) is 4.88. The number of carbonyl (C=O) groups is 2. The van der Waals surface area contributed by atoms with E-state index in [-0.39, 0.29) is 65.6 Å². The molecule has 1 heterocycles. The number of aryl methyl sites for hydroxylation is 1. The third-order valence-electron chi connectivity index (χ3n) is 6.39. The van der Waals surface area contributed by atoms with Crippen LogP contribution in [0.4, 0.5) is 0 Å². The molecule has 0 radical (unpaired) electrons. The third kappa shape index (κ3) is 4.73. The summed E-state index contributed by atoms with van der Waals surface area (Å²) in [6.45, 7) is 5.42. The van der Waals surface area contributed by atoms with Crippen LogP contribution in [0.3, 0.4) is 0 Å². The first kappa shape index (κ1) is 23.6. The number of hydrogen-bond donors (Lipinski definition) is 2. The highest BCUT2D eigenvalue weighted by Crippen LogP contribution is 2.52. The maximum atomic E-state index is 12.7. The molecule has 2 N–H and O–H groups in total. The highest BCUT2D eigenvalue weighted by atomic mass is 127. The third-order valence-corrected chi connectivity index (χ3v) is 6.39. The molecule has 8 heteroatoms. The Morgan fingerprint density at radius 3 is 2.42 bits per heavy atom. The lowest BCUT2D eigenvalue weighted by atomic mass is 9.85. The number of carbonyl (C=O) groups excluding carboxylic acids is 2. The van der Waals surface area contributed by atoms with Gasteiger partial charge in [0.2, 0.25) is 11.8 Å². The molecule has 168 valence electrons. The molecule has 2 fully saturated rings. The number of ether oxygens (including phenoxy) is 1. The average molecular weight is 538 g/mol. The van der Waals surface area contributed by atoms with E-state index in [1.54, 1.807) is 7.05 Å². The van der Waals surface area contributed by atoms with E-state index in [1.807, 2.05) is 38.1 Å². The van der Waals surface area contributed by atoms with Crippen LogP contribution in [-0.2, 0) is 9.59 Å². The molecule has 1 saturated heterocycles. The molecular weight excluding hydrogens is 507 g/mol. The van der Waals surface area contributed by atoms with E-state index in [2.05, 4.69) is 27.8 Å². The van der Waals surface area contributed by atoms with Gasteiger partial charge >= 0.3 is 0 Å². The fraction of sp³-hybridized carbons (Fsp3) is 0.522. The van der Waals surface area contributed by atoms with Crippen LogP contribution in [-0.4, -0.2) is 55.5 Å². The number of likely N-dealkylation sites (tertiary alicyclic amines) is 1. The number of nitrogens with zero attached hydrogens (tertiary/aromatic N) is 2. The Morgan fingerprint density at radius 2 is 1.81 bits per heavy atom. The molecule has 2 bridgehead atoms. The molecule has 5 unspecified atom stereocenters. The normalized spacial score (nSPS) is 27.2. The molecule has 31 heavy (non-hydrogen) atoms. The Labute approximate surface area is 200 Å². The summed E-state index contributed by atoms with van der Waals surface area (Å²) in [5.74, 6) is 1.70. The molecule has 1 aromatic carbocycles. The van der Waals surface area contributed by atoms with Gasteiger partial charge < -0.3 is 15.4 Å². The molecular formula is C23H31IN4O3. The van der Waals surface area contributed by atoms with Crippen molar-refractivity contribution in [2.75, 3.05) is 26.7 Å². The van der Waals surface area contributed by atoms with Gasteiger partial charge in [0.1, 0.15) is 11.9 Å².